The second kappa shape index (κ2) is 7.00. The fourth-order valence-electron chi connectivity index (χ4n) is 3.01. The molecule has 1 aromatic rings. The molecule has 1 aromatic heterocycles. The van der Waals surface area contributed by atoms with E-state index in [1.807, 2.05) is 6.92 Å². The van der Waals surface area contributed by atoms with Crippen LogP contribution in [0, 0.1) is 0 Å². The number of hydrogen-bond donors (Lipinski definition) is 0. The van der Waals surface area contributed by atoms with Crippen LogP contribution >= 0.6 is 0 Å². The van der Waals surface area contributed by atoms with Crippen LogP contribution in [0.2, 0.25) is 0 Å². The number of methoxy groups -OCH3 is 1. The zero-order valence-electron chi connectivity index (χ0n) is 13.3. The lowest BCUT2D eigenvalue weighted by Gasteiger charge is -2.22. The number of hydrogen-bond acceptors (Lipinski definition) is 6. The molecule has 5 atom stereocenters. The third kappa shape index (κ3) is 3.15. The molecule has 1 unspecified atom stereocenters. The highest BCUT2D eigenvalue weighted by atomic mass is 16.8. The Morgan fingerprint density at radius 2 is 2.09 bits per heavy atom. The summed E-state index contributed by atoms with van der Waals surface area (Å²) in [6.07, 6.45) is 3.79. The second-order valence-electron chi connectivity index (χ2n) is 5.68. The Balaban J connectivity index is 1.64. The molecule has 2 fully saturated rings. The Morgan fingerprint density at radius 3 is 2.86 bits per heavy atom. The van der Waals surface area contributed by atoms with Gasteiger partial charge in [-0.3, -0.25) is 0 Å². The molecule has 3 heterocycles. The maximum absolute atomic E-state index is 6.06. The fourth-order valence-corrected chi connectivity index (χ4v) is 3.01. The third-order valence-electron chi connectivity index (χ3n) is 4.12. The highest BCUT2D eigenvalue weighted by Gasteiger charge is 2.51. The molecule has 0 aliphatic carbocycles. The summed E-state index contributed by atoms with van der Waals surface area (Å²) in [5, 5.41) is 0. The van der Waals surface area contributed by atoms with Crippen molar-refractivity contribution in [3.63, 3.8) is 0 Å². The molecule has 0 aromatic carbocycles. The van der Waals surface area contributed by atoms with E-state index in [4.69, 9.17) is 28.1 Å². The number of fused-ring (bicyclic) bond motifs is 1. The van der Waals surface area contributed by atoms with Gasteiger partial charge in [0, 0.05) is 6.07 Å². The van der Waals surface area contributed by atoms with E-state index >= 15 is 0 Å². The van der Waals surface area contributed by atoms with Crippen LogP contribution in [0.1, 0.15) is 38.9 Å². The SMILES string of the molecule is CCCC[C@H]1O[C@@H]2OC(C)O[C@@H]2[C@H]1OCc1occc1OC. The van der Waals surface area contributed by atoms with Gasteiger partial charge in [-0.05, 0) is 13.3 Å². The predicted molar refractivity (Wildman–Crippen MR) is 77.4 cm³/mol. The van der Waals surface area contributed by atoms with Crippen molar-refractivity contribution >= 4 is 0 Å². The first kappa shape index (κ1) is 15.8. The highest BCUT2D eigenvalue weighted by molar-refractivity contribution is 5.23. The average molecular weight is 312 g/mol. The molecule has 0 bridgehead atoms. The molecule has 0 spiro atoms. The molecule has 3 rings (SSSR count). The van der Waals surface area contributed by atoms with Crippen molar-refractivity contribution in [3.8, 4) is 5.75 Å². The van der Waals surface area contributed by atoms with Gasteiger partial charge in [-0.15, -0.1) is 0 Å². The van der Waals surface area contributed by atoms with Crippen LogP contribution in [-0.2, 0) is 25.6 Å². The molecule has 6 heteroatoms. The Labute approximate surface area is 130 Å². The van der Waals surface area contributed by atoms with Crippen molar-refractivity contribution in [2.24, 2.45) is 0 Å². The summed E-state index contributed by atoms with van der Waals surface area (Å²) in [5.74, 6) is 1.37. The molecule has 6 nitrogen and oxygen atoms in total. The number of furan rings is 1. The molecule has 0 N–H and O–H groups in total. The summed E-state index contributed by atoms with van der Waals surface area (Å²) in [5.41, 5.74) is 0. The molecular weight excluding hydrogens is 288 g/mol. The lowest BCUT2D eigenvalue weighted by atomic mass is 10.1. The van der Waals surface area contributed by atoms with E-state index < -0.39 is 0 Å². The van der Waals surface area contributed by atoms with Gasteiger partial charge in [-0.1, -0.05) is 19.8 Å². The largest absolute Gasteiger partial charge is 0.493 e. The van der Waals surface area contributed by atoms with Crippen LogP contribution in [0.15, 0.2) is 16.7 Å². The summed E-state index contributed by atoms with van der Waals surface area (Å²) in [7, 11) is 1.61. The second-order valence-corrected chi connectivity index (χ2v) is 5.68. The molecule has 2 aliphatic heterocycles. The van der Waals surface area contributed by atoms with Crippen LogP contribution in [-0.4, -0.2) is 38.0 Å². The van der Waals surface area contributed by atoms with E-state index in [0.29, 0.717) is 18.1 Å². The zero-order chi connectivity index (χ0) is 15.5. The Bertz CT molecular complexity index is 473. The molecule has 0 amide bonds. The van der Waals surface area contributed by atoms with Crippen molar-refractivity contribution in [2.75, 3.05) is 7.11 Å². The van der Waals surface area contributed by atoms with E-state index in [1.165, 1.54) is 0 Å². The van der Waals surface area contributed by atoms with E-state index in [2.05, 4.69) is 6.92 Å². The van der Waals surface area contributed by atoms with Gasteiger partial charge < -0.3 is 28.1 Å². The molecule has 0 saturated carbocycles. The van der Waals surface area contributed by atoms with Gasteiger partial charge in [-0.2, -0.15) is 0 Å². The van der Waals surface area contributed by atoms with E-state index in [-0.39, 0.29) is 30.9 Å². The minimum Gasteiger partial charge on any atom is -0.493 e. The molecule has 124 valence electrons. The number of rotatable bonds is 7. The zero-order valence-corrected chi connectivity index (χ0v) is 13.3. The summed E-state index contributed by atoms with van der Waals surface area (Å²) in [6, 6.07) is 1.78. The number of unbranched alkanes of at least 4 members (excludes halogenated alkanes) is 1. The monoisotopic (exact) mass is 312 g/mol. The van der Waals surface area contributed by atoms with Gasteiger partial charge in [0.1, 0.15) is 18.8 Å². The van der Waals surface area contributed by atoms with Crippen LogP contribution in [0.25, 0.3) is 0 Å². The van der Waals surface area contributed by atoms with Gasteiger partial charge in [-0.25, -0.2) is 0 Å². The van der Waals surface area contributed by atoms with Gasteiger partial charge in [0.05, 0.1) is 19.5 Å². The Hall–Kier alpha value is -1.08. The van der Waals surface area contributed by atoms with Gasteiger partial charge in [0.25, 0.3) is 0 Å². The quantitative estimate of drug-likeness (QED) is 0.771. The summed E-state index contributed by atoms with van der Waals surface area (Å²) < 4.78 is 34.1. The Kier molecular flexibility index (Phi) is 5.03. The van der Waals surface area contributed by atoms with Crippen LogP contribution in [0.5, 0.6) is 5.75 Å². The van der Waals surface area contributed by atoms with E-state index in [1.54, 1.807) is 19.4 Å². The Morgan fingerprint density at radius 1 is 1.23 bits per heavy atom. The molecular formula is C16H24O6. The van der Waals surface area contributed by atoms with Crippen molar-refractivity contribution in [1.82, 2.24) is 0 Å². The topological polar surface area (TPSA) is 59.3 Å². The number of ether oxygens (including phenoxy) is 5. The first-order chi connectivity index (χ1) is 10.7. The minimum absolute atomic E-state index is 0.0107. The van der Waals surface area contributed by atoms with Crippen molar-refractivity contribution in [2.45, 2.75) is 70.6 Å². The van der Waals surface area contributed by atoms with Gasteiger partial charge in [0.2, 0.25) is 0 Å². The highest BCUT2D eigenvalue weighted by Crippen LogP contribution is 2.36. The smallest absolute Gasteiger partial charge is 0.189 e. The van der Waals surface area contributed by atoms with Crippen LogP contribution in [0.4, 0.5) is 0 Å². The van der Waals surface area contributed by atoms with Crippen LogP contribution in [0.3, 0.4) is 0 Å². The average Bonchev–Trinajstić information content (AvgIpc) is 3.17. The predicted octanol–water partition coefficient (Wildman–Crippen LogP) is 2.85. The minimum atomic E-state index is -0.333. The van der Waals surface area contributed by atoms with Crippen molar-refractivity contribution < 1.29 is 28.1 Å². The van der Waals surface area contributed by atoms with Gasteiger partial charge >= 0.3 is 0 Å². The maximum atomic E-state index is 6.06. The fraction of sp³-hybridized carbons (Fsp3) is 0.750. The molecule has 2 aliphatic rings. The molecule has 22 heavy (non-hydrogen) atoms. The van der Waals surface area contributed by atoms with Crippen molar-refractivity contribution in [1.29, 1.82) is 0 Å². The third-order valence-corrected chi connectivity index (χ3v) is 4.12. The molecule has 2 saturated heterocycles. The summed E-state index contributed by atoms with van der Waals surface area (Å²) >= 11 is 0. The normalized spacial score (nSPS) is 34.0. The summed E-state index contributed by atoms with van der Waals surface area (Å²) in [4.78, 5) is 0. The summed E-state index contributed by atoms with van der Waals surface area (Å²) in [6.45, 7) is 4.36. The van der Waals surface area contributed by atoms with E-state index in [9.17, 15) is 0 Å². The lowest BCUT2D eigenvalue weighted by Crippen LogP contribution is -2.35. The van der Waals surface area contributed by atoms with Gasteiger partial charge in [0.15, 0.2) is 24.1 Å². The molecule has 0 radical (unpaired) electrons. The standard InChI is InChI=1S/C16H24O6/c1-4-5-6-12-14(15-16(22-12)21-10(2)20-15)19-9-13-11(17-3)7-8-18-13/h7-8,10,12,14-16H,4-6,9H2,1-3H3/t10?,12-,14+,15-,16+/m1/s1. The lowest BCUT2D eigenvalue weighted by molar-refractivity contribution is -0.169. The first-order valence-corrected chi connectivity index (χ1v) is 7.91. The maximum Gasteiger partial charge on any atom is 0.189 e. The van der Waals surface area contributed by atoms with Crippen molar-refractivity contribution in [3.05, 3.63) is 18.1 Å². The van der Waals surface area contributed by atoms with Crippen LogP contribution < -0.4 is 4.74 Å². The first-order valence-electron chi connectivity index (χ1n) is 7.91. The van der Waals surface area contributed by atoms with E-state index in [0.717, 1.165) is 19.3 Å².